The standard InChI is InChI=1S/C29H50O/c1-7-21(19(2)3)9-8-20(4)25-12-13-26-24-11-10-22-18-23(30)14-16-28(22,5)27(24)15-17-29(25,26)6/h7,19-20,22-27,30H,8-18H2,1-6H3/b21-7-/t20?,22?,23?,24-,25+,26-,27-,28-,29+/m0/s1. The number of aliphatic hydroxyl groups is 1. The lowest BCUT2D eigenvalue weighted by Crippen LogP contribution is -2.54. The maximum absolute atomic E-state index is 10.3. The Bertz CT molecular complexity index is 634. The van der Waals surface area contributed by atoms with E-state index in [1.54, 1.807) is 5.57 Å². The van der Waals surface area contributed by atoms with Crippen LogP contribution in [0.15, 0.2) is 11.6 Å². The molecule has 0 aromatic rings. The van der Waals surface area contributed by atoms with Gasteiger partial charge in [-0.1, -0.05) is 46.3 Å². The first-order valence-corrected chi connectivity index (χ1v) is 13.5. The molecule has 1 N–H and O–H groups in total. The monoisotopic (exact) mass is 414 g/mol. The number of aliphatic hydroxyl groups excluding tert-OH is 1. The van der Waals surface area contributed by atoms with E-state index in [-0.39, 0.29) is 6.10 Å². The molecule has 1 nitrogen and oxygen atoms in total. The van der Waals surface area contributed by atoms with Gasteiger partial charge in [-0.3, -0.25) is 0 Å². The van der Waals surface area contributed by atoms with E-state index in [1.165, 1.54) is 57.8 Å². The first-order chi connectivity index (χ1) is 14.2. The molecule has 0 aromatic carbocycles. The molecule has 3 unspecified atom stereocenters. The summed E-state index contributed by atoms with van der Waals surface area (Å²) in [5, 5.41) is 10.3. The van der Waals surface area contributed by atoms with Crippen molar-refractivity contribution in [3.05, 3.63) is 11.6 Å². The van der Waals surface area contributed by atoms with Gasteiger partial charge >= 0.3 is 0 Å². The summed E-state index contributed by atoms with van der Waals surface area (Å²) >= 11 is 0. The summed E-state index contributed by atoms with van der Waals surface area (Å²) < 4.78 is 0. The third kappa shape index (κ3) is 3.74. The van der Waals surface area contributed by atoms with Gasteiger partial charge in [0.15, 0.2) is 0 Å². The van der Waals surface area contributed by atoms with E-state index in [0.29, 0.717) is 16.7 Å². The van der Waals surface area contributed by atoms with Crippen molar-refractivity contribution in [2.24, 2.45) is 52.3 Å². The van der Waals surface area contributed by atoms with Crippen LogP contribution in [0.1, 0.15) is 112 Å². The molecule has 0 saturated heterocycles. The van der Waals surface area contributed by atoms with E-state index in [1.807, 2.05) is 0 Å². The van der Waals surface area contributed by atoms with Gasteiger partial charge in [0, 0.05) is 0 Å². The molecule has 0 radical (unpaired) electrons. The molecule has 4 rings (SSSR count). The maximum atomic E-state index is 10.3. The van der Waals surface area contributed by atoms with E-state index < -0.39 is 0 Å². The number of allylic oxidation sites excluding steroid dienone is 2. The van der Waals surface area contributed by atoms with Crippen molar-refractivity contribution in [3.63, 3.8) is 0 Å². The number of hydrogen-bond acceptors (Lipinski definition) is 1. The quantitative estimate of drug-likeness (QED) is 0.451. The zero-order valence-corrected chi connectivity index (χ0v) is 20.9. The Hall–Kier alpha value is -0.300. The molecule has 9 atom stereocenters. The van der Waals surface area contributed by atoms with Crippen molar-refractivity contribution < 1.29 is 5.11 Å². The molecule has 0 aliphatic heterocycles. The van der Waals surface area contributed by atoms with Crippen LogP contribution in [0.3, 0.4) is 0 Å². The fraction of sp³-hybridized carbons (Fsp3) is 0.931. The van der Waals surface area contributed by atoms with Gasteiger partial charge < -0.3 is 5.11 Å². The Morgan fingerprint density at radius 1 is 0.933 bits per heavy atom. The van der Waals surface area contributed by atoms with E-state index in [0.717, 1.165) is 48.3 Å². The summed E-state index contributed by atoms with van der Waals surface area (Å²) in [4.78, 5) is 0. The number of hydrogen-bond donors (Lipinski definition) is 1. The SMILES string of the molecule is C/C=C(/CCC(C)[C@H]1CC[C@H]2[C@@H]3CCC4CC(O)CC[C@]4(C)[C@H]3CC[C@]12C)C(C)C. The summed E-state index contributed by atoms with van der Waals surface area (Å²) in [6.07, 6.45) is 17.2. The van der Waals surface area contributed by atoms with Gasteiger partial charge in [0.2, 0.25) is 0 Å². The van der Waals surface area contributed by atoms with Gasteiger partial charge in [0.05, 0.1) is 6.10 Å². The van der Waals surface area contributed by atoms with Crippen LogP contribution in [0.25, 0.3) is 0 Å². The van der Waals surface area contributed by atoms with Gasteiger partial charge in [-0.15, -0.1) is 0 Å². The number of fused-ring (bicyclic) bond motifs is 5. The molecule has 30 heavy (non-hydrogen) atoms. The zero-order chi connectivity index (χ0) is 21.7. The Balaban J connectivity index is 1.46. The molecule has 4 aliphatic carbocycles. The van der Waals surface area contributed by atoms with Crippen LogP contribution < -0.4 is 0 Å². The summed E-state index contributed by atoms with van der Waals surface area (Å²) in [5.74, 6) is 6.17. The van der Waals surface area contributed by atoms with Crippen LogP contribution in [-0.2, 0) is 0 Å². The van der Waals surface area contributed by atoms with Crippen LogP contribution in [0, 0.1) is 52.3 Å². The van der Waals surface area contributed by atoms with Crippen molar-refractivity contribution in [2.75, 3.05) is 0 Å². The van der Waals surface area contributed by atoms with Crippen molar-refractivity contribution in [1.29, 1.82) is 0 Å². The minimum atomic E-state index is -0.0157. The molecule has 4 saturated carbocycles. The average molecular weight is 415 g/mol. The molecule has 0 bridgehead atoms. The molecule has 4 fully saturated rings. The lowest BCUT2D eigenvalue weighted by atomic mass is 9.44. The molecule has 0 amide bonds. The van der Waals surface area contributed by atoms with Gasteiger partial charge in [-0.2, -0.15) is 0 Å². The van der Waals surface area contributed by atoms with Gasteiger partial charge in [-0.25, -0.2) is 0 Å². The highest BCUT2D eigenvalue weighted by atomic mass is 16.3. The van der Waals surface area contributed by atoms with Crippen molar-refractivity contribution in [2.45, 2.75) is 118 Å². The Morgan fingerprint density at radius 3 is 2.33 bits per heavy atom. The Labute approximate surface area is 187 Å². The molecule has 0 heterocycles. The van der Waals surface area contributed by atoms with Crippen molar-refractivity contribution in [1.82, 2.24) is 0 Å². The molecule has 0 aromatic heterocycles. The smallest absolute Gasteiger partial charge is 0.0543 e. The van der Waals surface area contributed by atoms with Gasteiger partial charge in [0.25, 0.3) is 0 Å². The Morgan fingerprint density at radius 2 is 1.63 bits per heavy atom. The lowest BCUT2D eigenvalue weighted by Gasteiger charge is -2.61. The fourth-order valence-corrected chi connectivity index (χ4v) is 9.57. The third-order valence-corrected chi connectivity index (χ3v) is 11.4. The van der Waals surface area contributed by atoms with E-state index in [9.17, 15) is 5.11 Å². The van der Waals surface area contributed by atoms with E-state index >= 15 is 0 Å². The predicted octanol–water partition coefficient (Wildman–Crippen LogP) is 8.02. The highest BCUT2D eigenvalue weighted by molar-refractivity contribution is 5.10. The minimum absolute atomic E-state index is 0.0157. The lowest BCUT2D eigenvalue weighted by molar-refractivity contribution is -0.129. The normalized spacial score (nSPS) is 47.5. The van der Waals surface area contributed by atoms with E-state index in [2.05, 4.69) is 47.6 Å². The summed E-state index contributed by atoms with van der Waals surface area (Å²) in [6, 6.07) is 0. The second-order valence-corrected chi connectivity index (χ2v) is 12.8. The predicted molar refractivity (Wildman–Crippen MR) is 128 cm³/mol. The van der Waals surface area contributed by atoms with E-state index in [4.69, 9.17) is 0 Å². The first-order valence-electron chi connectivity index (χ1n) is 13.5. The van der Waals surface area contributed by atoms with Crippen LogP contribution in [-0.4, -0.2) is 11.2 Å². The van der Waals surface area contributed by atoms with Crippen molar-refractivity contribution >= 4 is 0 Å². The van der Waals surface area contributed by atoms with Crippen LogP contribution in [0.2, 0.25) is 0 Å². The van der Waals surface area contributed by atoms with Gasteiger partial charge in [0.1, 0.15) is 0 Å². The highest BCUT2D eigenvalue weighted by Gasteiger charge is 2.60. The number of rotatable bonds is 5. The Kier molecular flexibility index (Phi) is 6.53. The molecule has 1 heteroatoms. The molecule has 4 aliphatic rings. The molecular weight excluding hydrogens is 364 g/mol. The van der Waals surface area contributed by atoms with Crippen LogP contribution in [0.4, 0.5) is 0 Å². The molecular formula is C29H50O. The topological polar surface area (TPSA) is 20.2 Å². The first kappa shape index (κ1) is 22.9. The molecule has 0 spiro atoms. The van der Waals surface area contributed by atoms with Crippen LogP contribution >= 0.6 is 0 Å². The molecule has 172 valence electrons. The largest absolute Gasteiger partial charge is 0.393 e. The summed E-state index contributed by atoms with van der Waals surface area (Å²) in [6.45, 7) is 14.9. The average Bonchev–Trinajstić information content (AvgIpc) is 3.06. The highest BCUT2D eigenvalue weighted by Crippen LogP contribution is 2.68. The second kappa shape index (κ2) is 8.57. The van der Waals surface area contributed by atoms with Crippen molar-refractivity contribution in [3.8, 4) is 0 Å². The maximum Gasteiger partial charge on any atom is 0.0543 e. The van der Waals surface area contributed by atoms with Gasteiger partial charge in [-0.05, 0) is 130 Å². The summed E-state index contributed by atoms with van der Waals surface area (Å²) in [5.41, 5.74) is 2.77. The minimum Gasteiger partial charge on any atom is -0.393 e. The second-order valence-electron chi connectivity index (χ2n) is 12.8. The van der Waals surface area contributed by atoms with Crippen LogP contribution in [0.5, 0.6) is 0 Å². The fourth-order valence-electron chi connectivity index (χ4n) is 9.57. The summed E-state index contributed by atoms with van der Waals surface area (Å²) in [7, 11) is 0. The zero-order valence-electron chi connectivity index (χ0n) is 20.9. The third-order valence-electron chi connectivity index (χ3n) is 11.4.